The molecule has 0 radical (unpaired) electrons. The maximum absolute atomic E-state index is 13.0. The molecule has 0 saturated heterocycles. The van der Waals surface area contributed by atoms with Crippen LogP contribution in [0.4, 0.5) is 4.39 Å². The second kappa shape index (κ2) is 7.03. The van der Waals surface area contributed by atoms with Gasteiger partial charge in [-0.3, -0.25) is 9.59 Å². The van der Waals surface area contributed by atoms with Gasteiger partial charge in [-0.15, -0.1) is 0 Å². The second-order valence-electron chi connectivity index (χ2n) is 5.29. The van der Waals surface area contributed by atoms with Crippen LogP contribution in [-0.2, 0) is 4.79 Å². The largest absolute Gasteiger partial charge is 0.354 e. The molecule has 110 valence electrons. The predicted octanol–water partition coefficient (Wildman–Crippen LogP) is 2.02. The minimum atomic E-state index is -0.634. The summed E-state index contributed by atoms with van der Waals surface area (Å²) in [6, 6.07) is 3.30. The van der Waals surface area contributed by atoms with E-state index in [2.05, 4.69) is 10.6 Å². The molecule has 0 aliphatic rings. The molecule has 5 heteroatoms. The molecule has 20 heavy (non-hydrogen) atoms. The SMILES string of the molecule is Cc1cc(F)ccc1C(=O)NC(C)C(=O)NCC(C)C. The summed E-state index contributed by atoms with van der Waals surface area (Å²) in [4.78, 5) is 23.8. The zero-order chi connectivity index (χ0) is 15.3. The van der Waals surface area contributed by atoms with E-state index in [4.69, 9.17) is 0 Å². The predicted molar refractivity (Wildman–Crippen MR) is 75.9 cm³/mol. The number of benzene rings is 1. The first-order valence-electron chi connectivity index (χ1n) is 6.66. The Morgan fingerprint density at radius 1 is 1.25 bits per heavy atom. The lowest BCUT2D eigenvalue weighted by Gasteiger charge is -2.16. The monoisotopic (exact) mass is 280 g/mol. The lowest BCUT2D eigenvalue weighted by atomic mass is 10.1. The van der Waals surface area contributed by atoms with E-state index in [0.717, 1.165) is 0 Å². The molecule has 1 aromatic rings. The van der Waals surface area contributed by atoms with Crippen molar-refractivity contribution in [2.75, 3.05) is 6.54 Å². The Kier molecular flexibility index (Phi) is 5.67. The molecule has 2 N–H and O–H groups in total. The highest BCUT2D eigenvalue weighted by molar-refractivity contribution is 5.98. The zero-order valence-corrected chi connectivity index (χ0v) is 12.3. The number of rotatable bonds is 5. The molecule has 0 heterocycles. The van der Waals surface area contributed by atoms with Crippen LogP contribution in [-0.4, -0.2) is 24.4 Å². The van der Waals surface area contributed by atoms with Crippen LogP contribution < -0.4 is 10.6 Å². The number of hydrogen-bond acceptors (Lipinski definition) is 2. The Morgan fingerprint density at radius 3 is 2.45 bits per heavy atom. The summed E-state index contributed by atoms with van der Waals surface area (Å²) in [5, 5.41) is 5.36. The normalized spacial score (nSPS) is 12.1. The number of aryl methyl sites for hydroxylation is 1. The molecule has 0 aliphatic heterocycles. The topological polar surface area (TPSA) is 58.2 Å². The Bertz CT molecular complexity index is 501. The van der Waals surface area contributed by atoms with Gasteiger partial charge in [-0.2, -0.15) is 0 Å². The first kappa shape index (κ1) is 16.1. The lowest BCUT2D eigenvalue weighted by Crippen LogP contribution is -2.45. The third-order valence-electron chi connectivity index (χ3n) is 2.86. The molecule has 0 fully saturated rings. The van der Waals surface area contributed by atoms with Gasteiger partial charge in [0.25, 0.3) is 5.91 Å². The lowest BCUT2D eigenvalue weighted by molar-refractivity contribution is -0.122. The van der Waals surface area contributed by atoms with E-state index < -0.39 is 6.04 Å². The van der Waals surface area contributed by atoms with E-state index >= 15 is 0 Å². The van der Waals surface area contributed by atoms with Gasteiger partial charge in [-0.25, -0.2) is 4.39 Å². The fourth-order valence-electron chi connectivity index (χ4n) is 1.68. The molecule has 1 rings (SSSR count). The van der Waals surface area contributed by atoms with Crippen LogP contribution in [0.3, 0.4) is 0 Å². The average molecular weight is 280 g/mol. The van der Waals surface area contributed by atoms with E-state index in [9.17, 15) is 14.0 Å². The van der Waals surface area contributed by atoms with E-state index in [1.54, 1.807) is 13.8 Å². The summed E-state index contributed by atoms with van der Waals surface area (Å²) in [6.45, 7) is 7.82. The van der Waals surface area contributed by atoms with E-state index in [1.807, 2.05) is 13.8 Å². The number of halogens is 1. The molecule has 0 aliphatic carbocycles. The van der Waals surface area contributed by atoms with Gasteiger partial charge in [0.05, 0.1) is 0 Å². The van der Waals surface area contributed by atoms with Crippen molar-refractivity contribution in [2.24, 2.45) is 5.92 Å². The van der Waals surface area contributed by atoms with Crippen molar-refractivity contribution in [1.82, 2.24) is 10.6 Å². The fourth-order valence-corrected chi connectivity index (χ4v) is 1.68. The highest BCUT2D eigenvalue weighted by atomic mass is 19.1. The van der Waals surface area contributed by atoms with Gasteiger partial charge in [0.1, 0.15) is 11.9 Å². The standard InChI is InChI=1S/C15H21FN2O2/c1-9(2)8-17-14(19)11(4)18-15(20)13-6-5-12(16)7-10(13)3/h5-7,9,11H,8H2,1-4H3,(H,17,19)(H,18,20). The Morgan fingerprint density at radius 2 is 1.90 bits per heavy atom. The Hall–Kier alpha value is -1.91. The molecule has 1 aromatic carbocycles. The van der Waals surface area contributed by atoms with Gasteiger partial charge in [0, 0.05) is 12.1 Å². The van der Waals surface area contributed by atoms with Crippen LogP contribution in [0.1, 0.15) is 36.7 Å². The van der Waals surface area contributed by atoms with Crippen LogP contribution in [0.25, 0.3) is 0 Å². The van der Waals surface area contributed by atoms with Crippen LogP contribution >= 0.6 is 0 Å². The van der Waals surface area contributed by atoms with Gasteiger partial charge in [0.15, 0.2) is 0 Å². The number of amides is 2. The minimum Gasteiger partial charge on any atom is -0.354 e. The maximum Gasteiger partial charge on any atom is 0.252 e. The summed E-state index contributed by atoms with van der Waals surface area (Å²) < 4.78 is 13.0. The third kappa shape index (κ3) is 4.64. The smallest absolute Gasteiger partial charge is 0.252 e. The first-order chi connectivity index (χ1) is 9.31. The number of carbonyl (C=O) groups excluding carboxylic acids is 2. The van der Waals surface area contributed by atoms with Gasteiger partial charge in [0.2, 0.25) is 5.91 Å². The van der Waals surface area contributed by atoms with Crippen molar-refractivity contribution in [1.29, 1.82) is 0 Å². The van der Waals surface area contributed by atoms with Crippen LogP contribution in [0.5, 0.6) is 0 Å². The Balaban J connectivity index is 2.63. The summed E-state index contributed by atoms with van der Waals surface area (Å²) in [7, 11) is 0. The van der Waals surface area contributed by atoms with E-state index in [1.165, 1.54) is 18.2 Å². The summed E-state index contributed by atoms with van der Waals surface area (Å²) in [5.74, 6) is -0.649. The fraction of sp³-hybridized carbons (Fsp3) is 0.467. The molecular formula is C15H21FN2O2. The molecule has 0 saturated carbocycles. The second-order valence-corrected chi connectivity index (χ2v) is 5.29. The van der Waals surface area contributed by atoms with Crippen molar-refractivity contribution in [3.63, 3.8) is 0 Å². The average Bonchev–Trinajstić information content (AvgIpc) is 2.35. The van der Waals surface area contributed by atoms with Crippen molar-refractivity contribution in [3.8, 4) is 0 Å². The van der Waals surface area contributed by atoms with Crippen molar-refractivity contribution in [2.45, 2.75) is 33.7 Å². The molecule has 0 aromatic heterocycles. The van der Waals surface area contributed by atoms with Crippen molar-refractivity contribution < 1.29 is 14.0 Å². The number of nitrogens with one attached hydrogen (secondary N) is 2. The molecule has 1 unspecified atom stereocenters. The highest BCUT2D eigenvalue weighted by Crippen LogP contribution is 2.10. The van der Waals surface area contributed by atoms with E-state index in [0.29, 0.717) is 23.6 Å². The minimum absolute atomic E-state index is 0.230. The number of hydrogen-bond donors (Lipinski definition) is 2. The Labute approximate surface area is 118 Å². The van der Waals surface area contributed by atoms with Gasteiger partial charge in [-0.1, -0.05) is 13.8 Å². The molecule has 0 bridgehead atoms. The highest BCUT2D eigenvalue weighted by Gasteiger charge is 2.17. The molecule has 4 nitrogen and oxygen atoms in total. The molecular weight excluding hydrogens is 259 g/mol. The molecule has 1 atom stereocenters. The molecule has 2 amide bonds. The zero-order valence-electron chi connectivity index (χ0n) is 12.3. The van der Waals surface area contributed by atoms with Crippen molar-refractivity contribution in [3.05, 3.63) is 35.1 Å². The van der Waals surface area contributed by atoms with Crippen molar-refractivity contribution >= 4 is 11.8 Å². The maximum atomic E-state index is 13.0. The first-order valence-corrected chi connectivity index (χ1v) is 6.66. The van der Waals surface area contributed by atoms with E-state index in [-0.39, 0.29) is 17.6 Å². The van der Waals surface area contributed by atoms with Gasteiger partial charge in [-0.05, 0) is 43.5 Å². The van der Waals surface area contributed by atoms with Gasteiger partial charge < -0.3 is 10.6 Å². The molecule has 0 spiro atoms. The van der Waals surface area contributed by atoms with Crippen LogP contribution in [0.15, 0.2) is 18.2 Å². The summed E-state index contributed by atoms with van der Waals surface area (Å²) in [6.07, 6.45) is 0. The van der Waals surface area contributed by atoms with Crippen LogP contribution in [0, 0.1) is 18.7 Å². The number of carbonyl (C=O) groups is 2. The summed E-state index contributed by atoms with van der Waals surface area (Å²) in [5.41, 5.74) is 0.909. The van der Waals surface area contributed by atoms with Crippen LogP contribution in [0.2, 0.25) is 0 Å². The van der Waals surface area contributed by atoms with Gasteiger partial charge >= 0.3 is 0 Å². The summed E-state index contributed by atoms with van der Waals surface area (Å²) >= 11 is 0. The quantitative estimate of drug-likeness (QED) is 0.867. The third-order valence-corrected chi connectivity index (χ3v) is 2.86.